The van der Waals surface area contributed by atoms with E-state index in [2.05, 4.69) is 15.5 Å². The summed E-state index contributed by atoms with van der Waals surface area (Å²) < 4.78 is 15.3. The van der Waals surface area contributed by atoms with Gasteiger partial charge in [0.05, 0.1) is 5.75 Å². The molecule has 0 fully saturated rings. The summed E-state index contributed by atoms with van der Waals surface area (Å²) in [7, 11) is 0. The van der Waals surface area contributed by atoms with Gasteiger partial charge >= 0.3 is 0 Å². The van der Waals surface area contributed by atoms with Gasteiger partial charge in [0.15, 0.2) is 5.16 Å². The van der Waals surface area contributed by atoms with Gasteiger partial charge in [-0.3, -0.25) is 9.36 Å². The maximum atomic E-state index is 13.4. The van der Waals surface area contributed by atoms with Crippen molar-refractivity contribution in [3.63, 3.8) is 0 Å². The van der Waals surface area contributed by atoms with Gasteiger partial charge < -0.3 is 5.32 Å². The van der Waals surface area contributed by atoms with E-state index < -0.39 is 0 Å². The molecule has 3 aromatic rings. The summed E-state index contributed by atoms with van der Waals surface area (Å²) >= 11 is 1.32. The molecule has 7 heteroatoms. The second kappa shape index (κ2) is 9.50. The highest BCUT2D eigenvalue weighted by atomic mass is 32.2. The van der Waals surface area contributed by atoms with Crippen molar-refractivity contribution in [1.29, 1.82) is 0 Å². The lowest BCUT2D eigenvalue weighted by Crippen LogP contribution is -2.33. The minimum absolute atomic E-state index is 0.0439. The van der Waals surface area contributed by atoms with Crippen LogP contribution in [-0.2, 0) is 11.2 Å². The fraction of sp³-hybridized carbons (Fsp3) is 0.286. The Hall–Kier alpha value is -2.67. The van der Waals surface area contributed by atoms with Crippen molar-refractivity contribution in [3.05, 3.63) is 71.8 Å². The third-order valence-corrected chi connectivity index (χ3v) is 5.27. The predicted octanol–water partition coefficient (Wildman–Crippen LogP) is 4.00. The minimum atomic E-state index is -0.302. The average molecular weight is 399 g/mol. The van der Waals surface area contributed by atoms with Gasteiger partial charge in [-0.2, -0.15) is 0 Å². The monoisotopic (exact) mass is 398 g/mol. The van der Waals surface area contributed by atoms with Crippen LogP contribution in [-0.4, -0.2) is 32.5 Å². The number of carbonyl (C=O) groups excluding carboxylic acids is 1. The molecule has 0 aliphatic rings. The van der Waals surface area contributed by atoms with Crippen LogP contribution in [0.25, 0.3) is 5.69 Å². The molecule has 5 nitrogen and oxygen atoms in total. The van der Waals surface area contributed by atoms with Crippen LogP contribution in [0.3, 0.4) is 0 Å². The zero-order chi connectivity index (χ0) is 19.9. The first kappa shape index (κ1) is 20.1. The molecule has 2 aromatic carbocycles. The molecule has 146 valence electrons. The largest absolute Gasteiger partial charge is 0.353 e. The van der Waals surface area contributed by atoms with E-state index in [-0.39, 0.29) is 23.5 Å². The van der Waals surface area contributed by atoms with Crippen LogP contribution in [0.15, 0.2) is 59.8 Å². The average Bonchev–Trinajstić information content (AvgIpc) is 3.10. The van der Waals surface area contributed by atoms with Gasteiger partial charge in [0.2, 0.25) is 5.91 Å². The summed E-state index contributed by atoms with van der Waals surface area (Å²) in [5.74, 6) is 0.637. The summed E-state index contributed by atoms with van der Waals surface area (Å²) in [6, 6.07) is 16.3. The van der Waals surface area contributed by atoms with Gasteiger partial charge in [-0.1, -0.05) is 49.0 Å². The highest BCUT2D eigenvalue weighted by Gasteiger charge is 2.17. The van der Waals surface area contributed by atoms with E-state index >= 15 is 0 Å². The standard InChI is InChI=1S/C21H23FN4OS/c1-3-15(2)23-20(27)14-28-21-25-24-19(13-16-7-5-4-6-8-16)26(21)18-11-9-17(22)10-12-18/h4-12,15H,3,13-14H2,1-2H3,(H,23,27)/t15-/m1/s1. The van der Waals surface area contributed by atoms with Gasteiger partial charge in [-0.05, 0) is 43.2 Å². The number of amides is 1. The molecule has 3 rings (SSSR count). The molecule has 1 aromatic heterocycles. The normalized spacial score (nSPS) is 12.0. The molecule has 28 heavy (non-hydrogen) atoms. The van der Waals surface area contributed by atoms with Crippen molar-refractivity contribution in [2.24, 2.45) is 0 Å². The van der Waals surface area contributed by atoms with Crippen LogP contribution in [0.5, 0.6) is 0 Å². The first-order valence-corrected chi connectivity index (χ1v) is 10.2. The van der Waals surface area contributed by atoms with E-state index in [1.54, 1.807) is 12.1 Å². The topological polar surface area (TPSA) is 59.8 Å². The molecule has 0 unspecified atom stereocenters. The molecule has 0 aliphatic heterocycles. The Morgan fingerprint density at radius 1 is 1.14 bits per heavy atom. The highest BCUT2D eigenvalue weighted by molar-refractivity contribution is 7.99. The number of halogens is 1. The van der Waals surface area contributed by atoms with E-state index in [4.69, 9.17) is 0 Å². The van der Waals surface area contributed by atoms with Crippen LogP contribution in [0.1, 0.15) is 31.7 Å². The molecule has 1 heterocycles. The van der Waals surface area contributed by atoms with Gasteiger partial charge in [0, 0.05) is 18.2 Å². The summed E-state index contributed by atoms with van der Waals surface area (Å²) in [6.45, 7) is 4.00. The van der Waals surface area contributed by atoms with Crippen molar-refractivity contribution in [3.8, 4) is 5.69 Å². The van der Waals surface area contributed by atoms with Crippen LogP contribution in [0, 0.1) is 5.82 Å². The Bertz CT molecular complexity index is 912. The first-order chi connectivity index (χ1) is 13.6. The van der Waals surface area contributed by atoms with Crippen molar-refractivity contribution in [1.82, 2.24) is 20.1 Å². The molecule has 0 saturated heterocycles. The number of nitrogens with zero attached hydrogens (tertiary/aromatic N) is 3. The first-order valence-electron chi connectivity index (χ1n) is 9.23. The molecule has 0 radical (unpaired) electrons. The Kier molecular flexibility index (Phi) is 6.81. The van der Waals surface area contributed by atoms with Crippen LogP contribution in [0.4, 0.5) is 4.39 Å². The van der Waals surface area contributed by atoms with Gasteiger partial charge in [-0.25, -0.2) is 4.39 Å². The molecular formula is C21H23FN4OS. The number of hydrogen-bond acceptors (Lipinski definition) is 4. The van der Waals surface area contributed by atoms with Crippen molar-refractivity contribution in [2.75, 3.05) is 5.75 Å². The number of rotatable bonds is 8. The molecule has 1 atom stereocenters. The predicted molar refractivity (Wildman–Crippen MR) is 109 cm³/mol. The third-order valence-electron chi connectivity index (χ3n) is 4.34. The van der Waals surface area contributed by atoms with Crippen molar-refractivity contribution >= 4 is 17.7 Å². The van der Waals surface area contributed by atoms with Crippen molar-refractivity contribution in [2.45, 2.75) is 37.9 Å². The smallest absolute Gasteiger partial charge is 0.230 e. The van der Waals surface area contributed by atoms with Crippen LogP contribution in [0.2, 0.25) is 0 Å². The molecular weight excluding hydrogens is 375 g/mol. The maximum Gasteiger partial charge on any atom is 0.230 e. The van der Waals surface area contributed by atoms with E-state index in [0.717, 1.165) is 23.5 Å². The van der Waals surface area contributed by atoms with Gasteiger partial charge in [-0.15, -0.1) is 10.2 Å². The van der Waals surface area contributed by atoms with Crippen LogP contribution >= 0.6 is 11.8 Å². The third kappa shape index (κ3) is 5.19. The Balaban J connectivity index is 1.85. The lowest BCUT2D eigenvalue weighted by molar-refractivity contribution is -0.119. The zero-order valence-corrected chi connectivity index (χ0v) is 16.7. The molecule has 1 amide bonds. The fourth-order valence-electron chi connectivity index (χ4n) is 2.68. The number of carbonyl (C=O) groups is 1. The Labute approximate surface area is 168 Å². The minimum Gasteiger partial charge on any atom is -0.353 e. The number of benzene rings is 2. The summed E-state index contributed by atoms with van der Waals surface area (Å²) in [5, 5.41) is 12.2. The number of aromatic nitrogens is 3. The van der Waals surface area contributed by atoms with Gasteiger partial charge in [0.25, 0.3) is 0 Å². The maximum absolute atomic E-state index is 13.4. The number of nitrogens with one attached hydrogen (secondary N) is 1. The highest BCUT2D eigenvalue weighted by Crippen LogP contribution is 2.23. The lowest BCUT2D eigenvalue weighted by Gasteiger charge is -2.12. The fourth-order valence-corrected chi connectivity index (χ4v) is 3.47. The number of hydrogen-bond donors (Lipinski definition) is 1. The second-order valence-electron chi connectivity index (χ2n) is 6.54. The van der Waals surface area contributed by atoms with Crippen molar-refractivity contribution < 1.29 is 9.18 Å². The second-order valence-corrected chi connectivity index (χ2v) is 7.48. The molecule has 0 spiro atoms. The Morgan fingerprint density at radius 3 is 2.54 bits per heavy atom. The molecule has 1 N–H and O–H groups in total. The van der Waals surface area contributed by atoms with E-state index in [1.165, 1.54) is 23.9 Å². The lowest BCUT2D eigenvalue weighted by atomic mass is 10.1. The van der Waals surface area contributed by atoms with E-state index in [9.17, 15) is 9.18 Å². The van der Waals surface area contributed by atoms with Gasteiger partial charge in [0.1, 0.15) is 11.6 Å². The molecule has 0 bridgehead atoms. The summed E-state index contributed by atoms with van der Waals surface area (Å²) in [6.07, 6.45) is 1.47. The van der Waals surface area contributed by atoms with E-state index in [1.807, 2.05) is 48.7 Å². The quantitative estimate of drug-likeness (QED) is 0.583. The van der Waals surface area contributed by atoms with Crippen LogP contribution < -0.4 is 5.32 Å². The SMILES string of the molecule is CC[C@@H](C)NC(=O)CSc1nnc(Cc2ccccc2)n1-c1ccc(F)cc1. The zero-order valence-electron chi connectivity index (χ0n) is 15.9. The molecule has 0 aliphatic carbocycles. The summed E-state index contributed by atoms with van der Waals surface area (Å²) in [5.41, 5.74) is 1.87. The molecule has 0 saturated carbocycles. The summed E-state index contributed by atoms with van der Waals surface area (Å²) in [4.78, 5) is 12.1. The Morgan fingerprint density at radius 2 is 1.86 bits per heavy atom. The number of thioether (sulfide) groups is 1. The van der Waals surface area contributed by atoms with E-state index in [0.29, 0.717) is 11.6 Å².